The molecule has 2 aromatic rings. The molecule has 0 aliphatic heterocycles. The van der Waals surface area contributed by atoms with Crippen LogP contribution in [0.4, 0.5) is 0 Å². The van der Waals surface area contributed by atoms with Gasteiger partial charge in [-0.15, -0.1) is 0 Å². The van der Waals surface area contributed by atoms with Crippen LogP contribution < -0.4 is 11.0 Å². The van der Waals surface area contributed by atoms with Crippen LogP contribution in [0.25, 0.3) is 0 Å². The minimum Gasteiger partial charge on any atom is -0.390 e. The van der Waals surface area contributed by atoms with E-state index in [1.807, 2.05) is 39.2 Å². The van der Waals surface area contributed by atoms with Crippen LogP contribution in [0.5, 0.6) is 0 Å². The Labute approximate surface area is 150 Å². The first kappa shape index (κ1) is 20.2. The predicted molar refractivity (Wildman–Crippen MR) is 106 cm³/mol. The summed E-state index contributed by atoms with van der Waals surface area (Å²) in [6.07, 6.45) is 7.12. The first-order valence-corrected chi connectivity index (χ1v) is 9.29. The van der Waals surface area contributed by atoms with E-state index in [4.69, 9.17) is 17.3 Å². The van der Waals surface area contributed by atoms with E-state index < -0.39 is 0 Å². The molecular weight excluding hydrogens is 341 g/mol. The summed E-state index contributed by atoms with van der Waals surface area (Å²) in [5.41, 5.74) is 7.36. The average Bonchev–Trinajstić information content (AvgIpc) is 2.61. The molecule has 0 aliphatic rings. The second kappa shape index (κ2) is 11.7. The highest BCUT2D eigenvalue weighted by molar-refractivity contribution is 7.46. The zero-order valence-electron chi connectivity index (χ0n) is 14.2. The molecule has 24 heavy (non-hydrogen) atoms. The molecule has 0 aliphatic carbocycles. The van der Waals surface area contributed by atoms with E-state index >= 15 is 0 Å². The molecule has 128 valence electrons. The fourth-order valence-electron chi connectivity index (χ4n) is 1.72. The summed E-state index contributed by atoms with van der Waals surface area (Å²) in [4.78, 5) is 16.3. The molecule has 0 saturated heterocycles. The third-order valence-corrected chi connectivity index (χ3v) is 4.71. The van der Waals surface area contributed by atoms with E-state index in [2.05, 4.69) is 32.1 Å². The zero-order valence-corrected chi connectivity index (χ0v) is 16.0. The maximum Gasteiger partial charge on any atom is 0.149 e. The number of rotatable bonds is 6. The van der Waals surface area contributed by atoms with Gasteiger partial charge in [0.2, 0.25) is 0 Å². The Morgan fingerprint density at radius 1 is 1.25 bits per heavy atom. The quantitative estimate of drug-likeness (QED) is 0.485. The summed E-state index contributed by atoms with van der Waals surface area (Å²) < 4.78 is 0. The molecule has 2 N–H and O–H groups in total. The normalized spacial score (nSPS) is 11.3. The van der Waals surface area contributed by atoms with Crippen molar-refractivity contribution in [2.24, 2.45) is 15.7 Å². The van der Waals surface area contributed by atoms with Crippen LogP contribution in [0.3, 0.4) is 0 Å². The number of hydrogen-bond acceptors (Lipinski definition) is 3. The van der Waals surface area contributed by atoms with Gasteiger partial charge >= 0.3 is 0 Å². The molecular formula is C17H23ClN5P. The van der Waals surface area contributed by atoms with Gasteiger partial charge < -0.3 is 5.73 Å². The Hall–Kier alpha value is -1.84. The molecule has 1 unspecified atom stereocenters. The molecule has 0 fully saturated rings. The van der Waals surface area contributed by atoms with Crippen LogP contribution in [0.1, 0.15) is 30.8 Å². The number of halogens is 1. The molecule has 0 amide bonds. The van der Waals surface area contributed by atoms with Crippen molar-refractivity contribution >= 4 is 38.2 Å². The number of nitrogens with two attached hydrogens (primary N) is 1. The molecule has 5 nitrogen and oxygen atoms in total. The van der Waals surface area contributed by atoms with Crippen LogP contribution in [0.2, 0.25) is 5.02 Å². The molecule has 0 spiro atoms. The van der Waals surface area contributed by atoms with Gasteiger partial charge in [-0.2, -0.15) is 0 Å². The van der Waals surface area contributed by atoms with Gasteiger partial charge in [-0.05, 0) is 35.6 Å². The van der Waals surface area contributed by atoms with Crippen molar-refractivity contribution in [1.29, 1.82) is 0 Å². The maximum atomic E-state index is 6.24. The van der Waals surface area contributed by atoms with Crippen molar-refractivity contribution in [1.82, 2.24) is 9.97 Å². The third-order valence-electron chi connectivity index (χ3n) is 2.83. The van der Waals surface area contributed by atoms with E-state index in [9.17, 15) is 0 Å². The van der Waals surface area contributed by atoms with Gasteiger partial charge in [0.1, 0.15) is 18.7 Å². The summed E-state index contributed by atoms with van der Waals surface area (Å²) in [7, 11) is 0.600. The standard InChI is InChI=1S/C15H17ClN5P.C2H6/c1-11-2-3-14(13(16)4-11)22-8-12-5-20-15(21-6-12)7-18-10-19-9-17;1-2/h2-6,9-10,22H,7-8H2,1H3,(H2,17,18,19);1-2H3. The lowest BCUT2D eigenvalue weighted by molar-refractivity contribution is 0.902. The molecule has 7 heteroatoms. The average molecular weight is 364 g/mol. The lowest BCUT2D eigenvalue weighted by Gasteiger charge is -2.05. The fraction of sp³-hybridized carbons (Fsp3) is 0.294. The Morgan fingerprint density at radius 3 is 2.58 bits per heavy atom. The Morgan fingerprint density at radius 2 is 1.96 bits per heavy atom. The van der Waals surface area contributed by atoms with Gasteiger partial charge in [0.15, 0.2) is 0 Å². The van der Waals surface area contributed by atoms with E-state index in [0.717, 1.165) is 16.7 Å². The van der Waals surface area contributed by atoms with Crippen molar-refractivity contribution in [3.8, 4) is 0 Å². The van der Waals surface area contributed by atoms with E-state index in [-0.39, 0.29) is 0 Å². The van der Waals surface area contributed by atoms with Gasteiger partial charge in [0.05, 0.1) is 6.34 Å². The molecule has 1 heterocycles. The largest absolute Gasteiger partial charge is 0.390 e. The number of aryl methyl sites for hydroxylation is 1. The highest BCUT2D eigenvalue weighted by Crippen LogP contribution is 2.22. The van der Waals surface area contributed by atoms with Gasteiger partial charge in [0.25, 0.3) is 0 Å². The Bertz CT molecular complexity index is 671. The molecule has 1 aromatic carbocycles. The highest BCUT2D eigenvalue weighted by Gasteiger charge is 2.02. The minimum atomic E-state index is 0.393. The molecule has 1 atom stereocenters. The molecule has 0 radical (unpaired) electrons. The van der Waals surface area contributed by atoms with Gasteiger partial charge in [-0.25, -0.2) is 15.0 Å². The topological polar surface area (TPSA) is 76.5 Å². The summed E-state index contributed by atoms with van der Waals surface area (Å²) in [5.74, 6) is 0.656. The van der Waals surface area contributed by atoms with Crippen molar-refractivity contribution in [2.45, 2.75) is 33.5 Å². The monoisotopic (exact) mass is 363 g/mol. The highest BCUT2D eigenvalue weighted by atomic mass is 35.5. The lowest BCUT2D eigenvalue weighted by Crippen LogP contribution is -1.99. The number of aliphatic imine (C=N–C) groups is 2. The lowest BCUT2D eigenvalue weighted by atomic mass is 10.2. The van der Waals surface area contributed by atoms with Crippen LogP contribution in [0, 0.1) is 6.92 Å². The van der Waals surface area contributed by atoms with E-state index in [0.29, 0.717) is 20.9 Å². The first-order chi connectivity index (χ1) is 11.7. The van der Waals surface area contributed by atoms with Crippen molar-refractivity contribution in [2.75, 3.05) is 0 Å². The second-order valence-electron chi connectivity index (χ2n) is 4.60. The summed E-state index contributed by atoms with van der Waals surface area (Å²) in [5, 5.41) is 1.99. The first-order valence-electron chi connectivity index (χ1n) is 7.70. The molecule has 0 bridgehead atoms. The van der Waals surface area contributed by atoms with Crippen LogP contribution in [-0.4, -0.2) is 22.6 Å². The maximum absolute atomic E-state index is 6.24. The van der Waals surface area contributed by atoms with Crippen molar-refractivity contribution in [3.63, 3.8) is 0 Å². The SMILES string of the molecule is CC.Cc1ccc(PCc2cnc(CN=CN=CN)nc2)c(Cl)c1. The predicted octanol–water partition coefficient (Wildman–Crippen LogP) is 3.48. The summed E-state index contributed by atoms with van der Waals surface area (Å²) >= 11 is 6.24. The number of benzene rings is 1. The minimum absolute atomic E-state index is 0.393. The van der Waals surface area contributed by atoms with Gasteiger partial charge in [-0.1, -0.05) is 46.2 Å². The van der Waals surface area contributed by atoms with Gasteiger partial charge in [-0.3, -0.25) is 4.99 Å². The van der Waals surface area contributed by atoms with Crippen LogP contribution in [-0.2, 0) is 12.7 Å². The summed E-state index contributed by atoms with van der Waals surface area (Å²) in [6.45, 7) is 6.43. The second-order valence-corrected chi connectivity index (χ2v) is 6.25. The zero-order chi connectivity index (χ0) is 17.8. The number of aromatic nitrogens is 2. The number of hydrogen-bond donors (Lipinski definition) is 1. The van der Waals surface area contributed by atoms with E-state index in [1.165, 1.54) is 23.5 Å². The van der Waals surface area contributed by atoms with Gasteiger partial charge in [0, 0.05) is 17.4 Å². The van der Waals surface area contributed by atoms with Crippen molar-refractivity contribution < 1.29 is 0 Å². The Balaban J connectivity index is 0.00000139. The smallest absolute Gasteiger partial charge is 0.149 e. The Kier molecular flexibility index (Phi) is 9.81. The molecule has 2 rings (SSSR count). The summed E-state index contributed by atoms with van der Waals surface area (Å²) in [6, 6.07) is 6.15. The van der Waals surface area contributed by atoms with Crippen LogP contribution >= 0.6 is 20.2 Å². The van der Waals surface area contributed by atoms with Crippen LogP contribution in [0.15, 0.2) is 40.6 Å². The third kappa shape index (κ3) is 7.16. The van der Waals surface area contributed by atoms with E-state index in [1.54, 1.807) is 0 Å². The molecule has 1 aromatic heterocycles. The fourth-order valence-corrected chi connectivity index (χ4v) is 3.18. The number of nitrogens with zero attached hydrogens (tertiary/aromatic N) is 4. The van der Waals surface area contributed by atoms with Crippen molar-refractivity contribution in [3.05, 3.63) is 52.6 Å². The molecule has 0 saturated carbocycles.